The van der Waals surface area contributed by atoms with Gasteiger partial charge in [-0.3, -0.25) is 4.79 Å². The van der Waals surface area contributed by atoms with Gasteiger partial charge in [-0.25, -0.2) is 4.52 Å². The van der Waals surface area contributed by atoms with Gasteiger partial charge in [0.05, 0.1) is 17.3 Å². The van der Waals surface area contributed by atoms with Gasteiger partial charge in [0.2, 0.25) is 0 Å². The Kier molecular flexibility index (Phi) is 2.42. The Balaban J connectivity index is 2.67. The molecule has 0 aromatic carbocycles. The van der Waals surface area contributed by atoms with Crippen molar-refractivity contribution in [2.45, 2.75) is 13.8 Å². The predicted octanol–water partition coefficient (Wildman–Crippen LogP) is 1.65. The molecule has 0 saturated heterocycles. The van der Waals surface area contributed by atoms with Crippen LogP contribution in [0.1, 0.15) is 21.6 Å². The lowest BCUT2D eigenvalue weighted by atomic mass is 10.2. The maximum atomic E-state index is 11.9. The Bertz CT molecular complexity index is 555. The summed E-state index contributed by atoms with van der Waals surface area (Å²) in [6.45, 7) is 4.03. The zero-order valence-corrected chi connectivity index (χ0v) is 9.98. The molecule has 84 valence electrons. The lowest BCUT2D eigenvalue weighted by molar-refractivity contribution is 0.0829. The molecular weight excluding hydrogens is 202 g/mol. The molecule has 2 aromatic heterocycles. The first-order chi connectivity index (χ1) is 7.52. The van der Waals surface area contributed by atoms with E-state index in [4.69, 9.17) is 0 Å². The van der Waals surface area contributed by atoms with Gasteiger partial charge in [-0.2, -0.15) is 5.10 Å². The van der Waals surface area contributed by atoms with Crippen LogP contribution in [0.25, 0.3) is 5.52 Å². The molecule has 0 aliphatic rings. The van der Waals surface area contributed by atoms with E-state index in [0.717, 1.165) is 11.2 Å². The lowest BCUT2D eigenvalue weighted by Gasteiger charge is -2.09. The minimum Gasteiger partial charge on any atom is -0.345 e. The molecule has 0 aliphatic carbocycles. The van der Waals surface area contributed by atoms with E-state index in [9.17, 15) is 4.79 Å². The fourth-order valence-corrected chi connectivity index (χ4v) is 1.68. The Labute approximate surface area is 94.5 Å². The van der Waals surface area contributed by atoms with Crippen LogP contribution < -0.4 is 0 Å². The van der Waals surface area contributed by atoms with Crippen molar-refractivity contribution in [3.8, 4) is 0 Å². The van der Waals surface area contributed by atoms with Crippen molar-refractivity contribution in [3.05, 3.63) is 35.2 Å². The first-order valence-electron chi connectivity index (χ1n) is 5.18. The molecular formula is C12H15N3O. The molecule has 0 fully saturated rings. The average Bonchev–Trinajstić information content (AvgIpc) is 2.66. The summed E-state index contributed by atoms with van der Waals surface area (Å²) >= 11 is 0. The first kappa shape index (κ1) is 10.7. The summed E-state index contributed by atoms with van der Waals surface area (Å²) < 4.78 is 1.81. The maximum absolute atomic E-state index is 11.9. The molecule has 0 spiro atoms. The summed E-state index contributed by atoms with van der Waals surface area (Å²) in [5.74, 6) is -0.0155. The number of amides is 1. The van der Waals surface area contributed by atoms with Crippen LogP contribution in [0.3, 0.4) is 0 Å². The van der Waals surface area contributed by atoms with E-state index >= 15 is 0 Å². The normalized spacial score (nSPS) is 10.8. The lowest BCUT2D eigenvalue weighted by Crippen LogP contribution is -2.21. The highest BCUT2D eigenvalue weighted by molar-refractivity contribution is 6.00. The second-order valence-electron chi connectivity index (χ2n) is 4.16. The Morgan fingerprint density at radius 3 is 2.62 bits per heavy atom. The summed E-state index contributed by atoms with van der Waals surface area (Å²) in [4.78, 5) is 13.5. The number of aryl methyl sites for hydroxylation is 2. The minimum atomic E-state index is -0.0155. The van der Waals surface area contributed by atoms with Gasteiger partial charge in [0, 0.05) is 19.8 Å². The van der Waals surface area contributed by atoms with Gasteiger partial charge >= 0.3 is 0 Å². The molecule has 0 radical (unpaired) electrons. The van der Waals surface area contributed by atoms with Gasteiger partial charge in [0.25, 0.3) is 5.91 Å². The van der Waals surface area contributed by atoms with Crippen LogP contribution in [0.5, 0.6) is 0 Å². The van der Waals surface area contributed by atoms with Gasteiger partial charge < -0.3 is 4.90 Å². The largest absolute Gasteiger partial charge is 0.345 e. The van der Waals surface area contributed by atoms with Crippen LogP contribution in [0.15, 0.2) is 18.3 Å². The van der Waals surface area contributed by atoms with E-state index in [-0.39, 0.29) is 5.91 Å². The van der Waals surface area contributed by atoms with Crippen LogP contribution in [-0.4, -0.2) is 34.5 Å². The predicted molar refractivity (Wildman–Crippen MR) is 62.7 cm³/mol. The third-order valence-electron chi connectivity index (χ3n) is 2.82. The van der Waals surface area contributed by atoms with Crippen LogP contribution in [0.4, 0.5) is 0 Å². The molecule has 16 heavy (non-hydrogen) atoms. The highest BCUT2D eigenvalue weighted by Crippen LogP contribution is 2.16. The molecule has 0 bridgehead atoms. The number of hydrogen-bond acceptors (Lipinski definition) is 2. The molecule has 1 amide bonds. The molecule has 0 N–H and O–H groups in total. The molecule has 2 rings (SSSR count). The van der Waals surface area contributed by atoms with Crippen LogP contribution in [0.2, 0.25) is 0 Å². The Hall–Kier alpha value is -1.84. The zero-order valence-electron chi connectivity index (χ0n) is 9.98. The van der Waals surface area contributed by atoms with Crippen molar-refractivity contribution in [1.82, 2.24) is 14.5 Å². The smallest absolute Gasteiger partial charge is 0.257 e. The van der Waals surface area contributed by atoms with Crippen LogP contribution >= 0.6 is 0 Å². The van der Waals surface area contributed by atoms with Gasteiger partial charge in [-0.05, 0) is 25.5 Å². The Morgan fingerprint density at radius 2 is 2.00 bits per heavy atom. The summed E-state index contributed by atoms with van der Waals surface area (Å²) in [6, 6.07) is 3.95. The number of nitrogens with zero attached hydrogens (tertiary/aromatic N) is 3. The average molecular weight is 217 g/mol. The monoisotopic (exact) mass is 217 g/mol. The van der Waals surface area contributed by atoms with Crippen molar-refractivity contribution in [2.24, 2.45) is 0 Å². The van der Waals surface area contributed by atoms with Crippen molar-refractivity contribution in [2.75, 3.05) is 14.1 Å². The SMILES string of the molecule is Cc1ccc2c(C(=O)N(C)C)cnn2c1C. The molecule has 0 saturated carbocycles. The summed E-state index contributed by atoms with van der Waals surface area (Å²) in [5, 5.41) is 4.25. The molecule has 0 unspecified atom stereocenters. The fourth-order valence-electron chi connectivity index (χ4n) is 1.68. The van der Waals surface area contributed by atoms with E-state index < -0.39 is 0 Å². The van der Waals surface area contributed by atoms with Gasteiger partial charge in [0.15, 0.2) is 0 Å². The number of hydrogen-bond donors (Lipinski definition) is 0. The number of rotatable bonds is 1. The highest BCUT2D eigenvalue weighted by atomic mass is 16.2. The number of pyridine rings is 1. The van der Waals surface area contributed by atoms with Crippen molar-refractivity contribution >= 4 is 11.4 Å². The Morgan fingerprint density at radius 1 is 1.31 bits per heavy atom. The molecule has 0 aliphatic heterocycles. The summed E-state index contributed by atoms with van der Waals surface area (Å²) in [7, 11) is 3.49. The third kappa shape index (κ3) is 1.46. The minimum absolute atomic E-state index is 0.0155. The molecule has 4 nitrogen and oxygen atoms in total. The molecule has 4 heteroatoms. The van der Waals surface area contributed by atoms with E-state index in [1.165, 1.54) is 5.56 Å². The first-order valence-corrected chi connectivity index (χ1v) is 5.18. The van der Waals surface area contributed by atoms with E-state index in [2.05, 4.69) is 5.10 Å². The molecule has 2 heterocycles. The fraction of sp³-hybridized carbons (Fsp3) is 0.333. The van der Waals surface area contributed by atoms with E-state index in [0.29, 0.717) is 5.56 Å². The second kappa shape index (κ2) is 3.63. The van der Waals surface area contributed by atoms with Crippen LogP contribution in [-0.2, 0) is 0 Å². The van der Waals surface area contributed by atoms with Crippen molar-refractivity contribution < 1.29 is 4.79 Å². The number of carbonyl (C=O) groups is 1. The molecule has 0 atom stereocenters. The topological polar surface area (TPSA) is 37.6 Å². The third-order valence-corrected chi connectivity index (χ3v) is 2.82. The number of carbonyl (C=O) groups excluding carboxylic acids is 1. The summed E-state index contributed by atoms with van der Waals surface area (Å²) in [6.07, 6.45) is 1.63. The van der Waals surface area contributed by atoms with Crippen molar-refractivity contribution in [3.63, 3.8) is 0 Å². The zero-order chi connectivity index (χ0) is 11.9. The number of fused-ring (bicyclic) bond motifs is 1. The standard InChI is InChI=1S/C12H15N3O/c1-8-5-6-11-10(12(16)14(3)4)7-13-15(11)9(8)2/h5-7H,1-4H3. The van der Waals surface area contributed by atoms with Crippen LogP contribution in [0, 0.1) is 13.8 Å². The molecule has 2 aromatic rings. The second-order valence-corrected chi connectivity index (χ2v) is 4.16. The van der Waals surface area contributed by atoms with E-state index in [1.54, 1.807) is 25.2 Å². The van der Waals surface area contributed by atoms with Crippen molar-refractivity contribution in [1.29, 1.82) is 0 Å². The van der Waals surface area contributed by atoms with Gasteiger partial charge in [-0.1, -0.05) is 6.07 Å². The quantitative estimate of drug-likeness (QED) is 0.728. The maximum Gasteiger partial charge on any atom is 0.257 e. The van der Waals surface area contributed by atoms with Gasteiger partial charge in [0.1, 0.15) is 0 Å². The van der Waals surface area contributed by atoms with Gasteiger partial charge in [-0.15, -0.1) is 0 Å². The highest BCUT2D eigenvalue weighted by Gasteiger charge is 2.15. The summed E-state index contributed by atoms with van der Waals surface area (Å²) in [5.41, 5.74) is 3.74. The number of aromatic nitrogens is 2. The van der Waals surface area contributed by atoms with E-state index in [1.807, 2.05) is 30.5 Å².